The molecule has 4 rings (SSSR count). The molecule has 1 amide bonds. The molecule has 0 unspecified atom stereocenters. The Balaban J connectivity index is 1.36. The minimum atomic E-state index is -0.499. The third-order valence-electron chi connectivity index (χ3n) is 4.84. The number of halogens is 2. The molecular weight excluding hydrogens is 433 g/mol. The van der Waals surface area contributed by atoms with Crippen LogP contribution in [0.25, 0.3) is 0 Å². The summed E-state index contributed by atoms with van der Waals surface area (Å²) in [5.74, 6) is 0.656. The van der Waals surface area contributed by atoms with Crippen LogP contribution in [-0.4, -0.2) is 15.7 Å². The molecule has 4 aromatic rings. The standard InChI is InChI=1S/C24H21ClFN3O3/c1-2-16-7-9-18(10-8-16)31-15-19-11-12-22(32-19)24(30)27-23-20(25)14-29(28-23)13-17-5-3-4-6-21(17)26/h3-12,14H,2,13,15H2,1H3,(H,27,28,30). The SMILES string of the molecule is CCc1ccc(OCc2ccc(C(=O)Nc3nn(Cc4ccccc4F)cc3Cl)o2)cc1. The van der Waals surface area contributed by atoms with Crippen molar-refractivity contribution >= 4 is 23.3 Å². The fourth-order valence-electron chi connectivity index (χ4n) is 3.09. The number of aryl methyl sites for hydroxylation is 1. The van der Waals surface area contributed by atoms with Crippen LogP contribution < -0.4 is 10.1 Å². The average Bonchev–Trinajstić information content (AvgIpc) is 3.41. The van der Waals surface area contributed by atoms with Gasteiger partial charge in [0.05, 0.1) is 6.54 Å². The summed E-state index contributed by atoms with van der Waals surface area (Å²) < 4.78 is 26.6. The minimum Gasteiger partial charge on any atom is -0.486 e. The number of hydrogen-bond donors (Lipinski definition) is 1. The lowest BCUT2D eigenvalue weighted by molar-refractivity contribution is 0.0992. The first kappa shape index (κ1) is 21.6. The summed E-state index contributed by atoms with van der Waals surface area (Å²) in [6, 6.07) is 17.4. The van der Waals surface area contributed by atoms with E-state index in [0.717, 1.165) is 12.2 Å². The molecule has 0 atom stereocenters. The van der Waals surface area contributed by atoms with Gasteiger partial charge in [0.25, 0.3) is 5.91 Å². The number of nitrogens with zero attached hydrogens (tertiary/aromatic N) is 2. The third-order valence-corrected chi connectivity index (χ3v) is 5.11. The van der Waals surface area contributed by atoms with Gasteiger partial charge < -0.3 is 14.5 Å². The van der Waals surface area contributed by atoms with Gasteiger partial charge in [-0.1, -0.05) is 48.9 Å². The van der Waals surface area contributed by atoms with E-state index in [2.05, 4.69) is 17.3 Å². The number of furan rings is 1. The number of carbonyl (C=O) groups is 1. The predicted octanol–water partition coefficient (Wildman–Crippen LogP) is 5.71. The number of benzene rings is 2. The summed E-state index contributed by atoms with van der Waals surface area (Å²) in [7, 11) is 0. The summed E-state index contributed by atoms with van der Waals surface area (Å²) in [5, 5.41) is 7.08. The van der Waals surface area contributed by atoms with Gasteiger partial charge in [0.15, 0.2) is 11.6 Å². The molecule has 32 heavy (non-hydrogen) atoms. The van der Waals surface area contributed by atoms with Crippen LogP contribution in [0.1, 0.15) is 34.4 Å². The van der Waals surface area contributed by atoms with Gasteiger partial charge in [-0.3, -0.25) is 9.48 Å². The van der Waals surface area contributed by atoms with Crippen LogP contribution in [-0.2, 0) is 19.6 Å². The maximum Gasteiger partial charge on any atom is 0.292 e. The predicted molar refractivity (Wildman–Crippen MR) is 120 cm³/mol. The first-order chi connectivity index (χ1) is 15.5. The van der Waals surface area contributed by atoms with Crippen molar-refractivity contribution in [3.8, 4) is 5.75 Å². The number of rotatable bonds is 8. The van der Waals surface area contributed by atoms with E-state index in [9.17, 15) is 9.18 Å². The zero-order valence-electron chi connectivity index (χ0n) is 17.3. The van der Waals surface area contributed by atoms with E-state index in [1.807, 2.05) is 24.3 Å². The van der Waals surface area contributed by atoms with Gasteiger partial charge in [-0.15, -0.1) is 0 Å². The summed E-state index contributed by atoms with van der Waals surface area (Å²) in [6.07, 6.45) is 2.48. The molecule has 2 aromatic heterocycles. The number of aromatic nitrogens is 2. The number of ether oxygens (including phenoxy) is 1. The van der Waals surface area contributed by atoms with Crippen molar-refractivity contribution in [1.29, 1.82) is 0 Å². The molecule has 0 aliphatic heterocycles. The van der Waals surface area contributed by atoms with Gasteiger partial charge in [-0.2, -0.15) is 5.10 Å². The Hall–Kier alpha value is -3.58. The highest BCUT2D eigenvalue weighted by molar-refractivity contribution is 6.33. The van der Waals surface area contributed by atoms with Gasteiger partial charge in [0.1, 0.15) is 29.0 Å². The van der Waals surface area contributed by atoms with Crippen LogP contribution in [0.3, 0.4) is 0 Å². The van der Waals surface area contributed by atoms with Crippen molar-refractivity contribution < 1.29 is 18.3 Å². The van der Waals surface area contributed by atoms with E-state index >= 15 is 0 Å². The maximum atomic E-state index is 13.9. The molecule has 0 bridgehead atoms. The average molecular weight is 454 g/mol. The lowest BCUT2D eigenvalue weighted by Crippen LogP contribution is -2.12. The second kappa shape index (κ2) is 9.70. The number of hydrogen-bond acceptors (Lipinski definition) is 4. The van der Waals surface area contributed by atoms with Crippen LogP contribution in [0.15, 0.2) is 71.3 Å². The Labute approximate surface area is 189 Å². The van der Waals surface area contributed by atoms with Crippen LogP contribution in [0, 0.1) is 5.82 Å². The number of anilines is 1. The molecule has 0 aliphatic carbocycles. The summed E-state index contributed by atoms with van der Waals surface area (Å²) >= 11 is 6.18. The zero-order valence-corrected chi connectivity index (χ0v) is 18.1. The smallest absolute Gasteiger partial charge is 0.292 e. The molecule has 0 saturated carbocycles. The Kier molecular flexibility index (Phi) is 6.56. The van der Waals surface area contributed by atoms with Crippen molar-refractivity contribution in [2.24, 2.45) is 0 Å². The molecule has 1 N–H and O–H groups in total. The molecule has 0 saturated heterocycles. The summed E-state index contributed by atoms with van der Waals surface area (Å²) in [4.78, 5) is 12.5. The topological polar surface area (TPSA) is 69.3 Å². The van der Waals surface area contributed by atoms with E-state index in [-0.39, 0.29) is 35.6 Å². The quantitative estimate of drug-likeness (QED) is 0.371. The van der Waals surface area contributed by atoms with Crippen molar-refractivity contribution in [2.75, 3.05) is 5.32 Å². The van der Waals surface area contributed by atoms with Crippen molar-refractivity contribution in [1.82, 2.24) is 9.78 Å². The molecular formula is C24H21ClFN3O3. The first-order valence-electron chi connectivity index (χ1n) is 10.1. The Morgan fingerprint density at radius 2 is 1.94 bits per heavy atom. The van der Waals surface area contributed by atoms with E-state index in [1.54, 1.807) is 30.3 Å². The second-order valence-electron chi connectivity index (χ2n) is 7.12. The Morgan fingerprint density at radius 3 is 2.69 bits per heavy atom. The maximum absolute atomic E-state index is 13.9. The molecule has 164 valence electrons. The van der Waals surface area contributed by atoms with Crippen LogP contribution >= 0.6 is 11.6 Å². The largest absolute Gasteiger partial charge is 0.486 e. The highest BCUT2D eigenvalue weighted by Gasteiger charge is 2.16. The molecule has 8 heteroatoms. The zero-order chi connectivity index (χ0) is 22.5. The molecule has 0 aliphatic rings. The van der Waals surface area contributed by atoms with E-state index in [0.29, 0.717) is 11.3 Å². The number of carbonyl (C=O) groups excluding carboxylic acids is 1. The van der Waals surface area contributed by atoms with Gasteiger partial charge in [0.2, 0.25) is 0 Å². The number of nitrogens with one attached hydrogen (secondary N) is 1. The van der Waals surface area contributed by atoms with E-state index in [1.165, 1.54) is 22.5 Å². The van der Waals surface area contributed by atoms with Gasteiger partial charge in [-0.05, 0) is 42.3 Å². The summed E-state index contributed by atoms with van der Waals surface area (Å²) in [5.41, 5.74) is 1.69. The van der Waals surface area contributed by atoms with Crippen molar-refractivity contribution in [3.05, 3.63) is 100 Å². The highest BCUT2D eigenvalue weighted by Crippen LogP contribution is 2.22. The Morgan fingerprint density at radius 1 is 1.16 bits per heavy atom. The molecule has 0 fully saturated rings. The lowest BCUT2D eigenvalue weighted by Gasteiger charge is -2.05. The van der Waals surface area contributed by atoms with Gasteiger partial charge in [0, 0.05) is 11.8 Å². The van der Waals surface area contributed by atoms with E-state index in [4.69, 9.17) is 20.8 Å². The third kappa shape index (κ3) is 5.18. The van der Waals surface area contributed by atoms with Crippen LogP contribution in [0.4, 0.5) is 10.2 Å². The van der Waals surface area contributed by atoms with Crippen molar-refractivity contribution in [2.45, 2.75) is 26.5 Å². The van der Waals surface area contributed by atoms with Crippen LogP contribution in [0.2, 0.25) is 5.02 Å². The second-order valence-corrected chi connectivity index (χ2v) is 7.53. The molecule has 0 spiro atoms. The molecule has 2 aromatic carbocycles. The van der Waals surface area contributed by atoms with Crippen molar-refractivity contribution in [3.63, 3.8) is 0 Å². The monoisotopic (exact) mass is 453 g/mol. The fourth-order valence-corrected chi connectivity index (χ4v) is 3.28. The van der Waals surface area contributed by atoms with E-state index < -0.39 is 5.91 Å². The Bertz CT molecular complexity index is 1220. The van der Waals surface area contributed by atoms with Gasteiger partial charge in [-0.25, -0.2) is 4.39 Å². The fraction of sp³-hybridized carbons (Fsp3) is 0.167. The lowest BCUT2D eigenvalue weighted by atomic mass is 10.2. The molecule has 6 nitrogen and oxygen atoms in total. The summed E-state index contributed by atoms with van der Waals surface area (Å²) in [6.45, 7) is 2.46. The normalized spacial score (nSPS) is 10.8. The van der Waals surface area contributed by atoms with Crippen LogP contribution in [0.5, 0.6) is 5.75 Å². The highest BCUT2D eigenvalue weighted by atomic mass is 35.5. The minimum absolute atomic E-state index is 0.102. The van der Waals surface area contributed by atoms with Gasteiger partial charge >= 0.3 is 0 Å². The number of amides is 1. The first-order valence-corrected chi connectivity index (χ1v) is 10.5. The molecule has 0 radical (unpaired) electrons. The molecule has 2 heterocycles.